The number of hydrogen-bond acceptors (Lipinski definition) is 6. The second-order valence-corrected chi connectivity index (χ2v) is 8.16. The molecule has 1 atom stereocenters. The van der Waals surface area contributed by atoms with Crippen LogP contribution in [0, 0.1) is 0 Å². The number of para-hydroxylation sites is 1. The summed E-state index contributed by atoms with van der Waals surface area (Å²) in [5, 5.41) is 15.8. The number of hydrogen-bond donors (Lipinski definition) is 3. The molecule has 1 aromatic heterocycles. The van der Waals surface area contributed by atoms with Crippen LogP contribution in [-0.2, 0) is 29.3 Å². The molecule has 12 heteroatoms. The molecule has 9 nitrogen and oxygen atoms in total. The van der Waals surface area contributed by atoms with Crippen LogP contribution >= 0.6 is 0 Å². The Morgan fingerprint density at radius 3 is 2.51 bits per heavy atom. The van der Waals surface area contributed by atoms with Gasteiger partial charge in [0.05, 0.1) is 24.1 Å². The van der Waals surface area contributed by atoms with Crippen LogP contribution in [0.1, 0.15) is 28.0 Å². The lowest BCUT2D eigenvalue weighted by Crippen LogP contribution is -2.59. The van der Waals surface area contributed by atoms with Crippen molar-refractivity contribution >= 4 is 23.2 Å². The zero-order valence-electron chi connectivity index (χ0n) is 18.7. The van der Waals surface area contributed by atoms with Gasteiger partial charge in [-0.15, -0.1) is 5.10 Å². The van der Waals surface area contributed by atoms with Crippen LogP contribution in [-0.4, -0.2) is 45.6 Å². The number of ether oxygens (including phenoxy) is 1. The number of carbonyl (C=O) groups excluding carboxylic acids is 2. The first-order valence-electron chi connectivity index (χ1n) is 10.7. The van der Waals surface area contributed by atoms with E-state index in [4.69, 9.17) is 4.74 Å². The Hall–Kier alpha value is -3.93. The lowest BCUT2D eigenvalue weighted by molar-refractivity contribution is -0.137. The largest absolute Gasteiger partial charge is 0.418 e. The highest BCUT2D eigenvalue weighted by Crippen LogP contribution is 2.35. The number of amides is 2. The van der Waals surface area contributed by atoms with E-state index in [1.165, 1.54) is 29.1 Å². The first kappa shape index (κ1) is 24.2. The Balaban J connectivity index is 1.38. The van der Waals surface area contributed by atoms with Gasteiger partial charge in [-0.1, -0.05) is 29.5 Å². The van der Waals surface area contributed by atoms with Crippen molar-refractivity contribution in [2.24, 2.45) is 7.05 Å². The van der Waals surface area contributed by atoms with Gasteiger partial charge < -0.3 is 20.7 Å². The predicted octanol–water partition coefficient (Wildman–Crippen LogP) is 2.78. The van der Waals surface area contributed by atoms with Crippen molar-refractivity contribution < 1.29 is 27.5 Å². The third-order valence-corrected chi connectivity index (χ3v) is 5.56. The summed E-state index contributed by atoms with van der Waals surface area (Å²) in [5.74, 6) is -0.943. The van der Waals surface area contributed by atoms with E-state index in [2.05, 4.69) is 26.3 Å². The van der Waals surface area contributed by atoms with E-state index in [-0.39, 0.29) is 24.5 Å². The van der Waals surface area contributed by atoms with Crippen LogP contribution < -0.4 is 16.0 Å². The number of aromatic nitrogens is 3. The molecular formula is C23H23F3N6O3. The molecule has 0 bridgehead atoms. The molecule has 0 aliphatic carbocycles. The standard InChI is InChI=1S/C23H23F3N6O3/c1-32-13-19(30-31-32)20(33)29-22(10-11-35-14-22)21(34)27-12-15-6-8-16(9-7-15)28-18-5-3-2-4-17(18)23(24,25)26/h2-9,13,28H,10-12,14H2,1H3,(H,27,34)(H,29,33). The maximum Gasteiger partial charge on any atom is 0.418 e. The fourth-order valence-electron chi connectivity index (χ4n) is 3.68. The monoisotopic (exact) mass is 488 g/mol. The Labute approximate surface area is 198 Å². The fourth-order valence-corrected chi connectivity index (χ4v) is 3.68. The summed E-state index contributed by atoms with van der Waals surface area (Å²) < 4.78 is 46.4. The average molecular weight is 488 g/mol. The molecule has 3 N–H and O–H groups in total. The Morgan fingerprint density at radius 2 is 1.89 bits per heavy atom. The molecule has 1 fully saturated rings. The quantitative estimate of drug-likeness (QED) is 0.472. The van der Waals surface area contributed by atoms with Crippen LogP contribution in [0.2, 0.25) is 0 Å². The summed E-state index contributed by atoms with van der Waals surface area (Å²) in [4.78, 5) is 25.5. The Kier molecular flexibility index (Phi) is 6.74. The van der Waals surface area contributed by atoms with Gasteiger partial charge in [0, 0.05) is 32.3 Å². The summed E-state index contributed by atoms with van der Waals surface area (Å²) in [7, 11) is 1.63. The van der Waals surface area contributed by atoms with Crippen molar-refractivity contribution in [3.05, 3.63) is 71.5 Å². The molecule has 0 spiro atoms. The number of nitrogens with one attached hydrogen (secondary N) is 3. The van der Waals surface area contributed by atoms with Crippen LogP contribution in [0.4, 0.5) is 24.5 Å². The lowest BCUT2D eigenvalue weighted by Gasteiger charge is -2.27. The van der Waals surface area contributed by atoms with Crippen molar-refractivity contribution in [3.8, 4) is 0 Å². The van der Waals surface area contributed by atoms with Gasteiger partial charge in [0.1, 0.15) is 5.54 Å². The van der Waals surface area contributed by atoms with E-state index in [1.807, 2.05) is 0 Å². The van der Waals surface area contributed by atoms with Crippen LogP contribution in [0.25, 0.3) is 0 Å². The van der Waals surface area contributed by atoms with Gasteiger partial charge in [0.15, 0.2) is 5.69 Å². The first-order chi connectivity index (χ1) is 16.7. The highest BCUT2D eigenvalue weighted by atomic mass is 19.4. The topological polar surface area (TPSA) is 110 Å². The van der Waals surface area contributed by atoms with E-state index in [9.17, 15) is 22.8 Å². The van der Waals surface area contributed by atoms with Crippen LogP contribution in [0.3, 0.4) is 0 Å². The van der Waals surface area contributed by atoms with Crippen molar-refractivity contribution in [2.45, 2.75) is 24.7 Å². The number of alkyl halides is 3. The summed E-state index contributed by atoms with van der Waals surface area (Å²) in [5.41, 5.74) is -0.776. The minimum Gasteiger partial charge on any atom is -0.378 e. The second kappa shape index (κ2) is 9.74. The van der Waals surface area contributed by atoms with Gasteiger partial charge in [-0.05, 0) is 29.8 Å². The number of carbonyl (C=O) groups is 2. The summed E-state index contributed by atoms with van der Waals surface area (Å²) in [6.45, 7) is 0.487. The Morgan fingerprint density at radius 1 is 1.14 bits per heavy atom. The minimum atomic E-state index is -4.48. The molecule has 0 radical (unpaired) electrons. The zero-order chi connectivity index (χ0) is 25.1. The van der Waals surface area contributed by atoms with Gasteiger partial charge in [-0.3, -0.25) is 14.3 Å². The van der Waals surface area contributed by atoms with Crippen molar-refractivity contribution in [2.75, 3.05) is 18.5 Å². The van der Waals surface area contributed by atoms with E-state index >= 15 is 0 Å². The highest BCUT2D eigenvalue weighted by Gasteiger charge is 2.44. The molecule has 2 heterocycles. The minimum absolute atomic E-state index is 0.0201. The van der Waals surface area contributed by atoms with E-state index in [0.717, 1.165) is 11.6 Å². The maximum atomic E-state index is 13.2. The molecule has 1 aliphatic rings. The third kappa shape index (κ3) is 5.60. The van der Waals surface area contributed by atoms with E-state index in [0.29, 0.717) is 18.7 Å². The molecule has 3 aromatic rings. The average Bonchev–Trinajstić information content (AvgIpc) is 3.48. The summed E-state index contributed by atoms with van der Waals surface area (Å²) in [6, 6.07) is 11.8. The molecular weight excluding hydrogens is 465 g/mol. The first-order valence-corrected chi connectivity index (χ1v) is 10.7. The number of rotatable bonds is 7. The van der Waals surface area contributed by atoms with E-state index < -0.39 is 29.1 Å². The number of aryl methyl sites for hydroxylation is 1. The summed E-state index contributed by atoms with van der Waals surface area (Å²) in [6.07, 6.45) is -2.73. The van der Waals surface area contributed by atoms with Gasteiger partial charge >= 0.3 is 6.18 Å². The molecule has 2 amide bonds. The number of halogens is 3. The SMILES string of the molecule is Cn1cc(C(=O)NC2(C(=O)NCc3ccc(Nc4ccccc4C(F)(F)F)cc3)CCOC2)nn1. The number of benzene rings is 2. The molecule has 184 valence electrons. The molecule has 4 rings (SSSR count). The van der Waals surface area contributed by atoms with Crippen molar-refractivity contribution in [1.82, 2.24) is 25.6 Å². The predicted molar refractivity (Wildman–Crippen MR) is 120 cm³/mol. The lowest BCUT2D eigenvalue weighted by atomic mass is 9.97. The fraction of sp³-hybridized carbons (Fsp3) is 0.304. The molecule has 0 saturated carbocycles. The smallest absolute Gasteiger partial charge is 0.378 e. The van der Waals surface area contributed by atoms with E-state index in [1.54, 1.807) is 31.3 Å². The zero-order valence-corrected chi connectivity index (χ0v) is 18.7. The highest BCUT2D eigenvalue weighted by molar-refractivity contribution is 5.98. The molecule has 35 heavy (non-hydrogen) atoms. The maximum absolute atomic E-state index is 13.2. The summed E-state index contributed by atoms with van der Waals surface area (Å²) >= 11 is 0. The van der Waals surface area contributed by atoms with Gasteiger partial charge in [-0.25, -0.2) is 0 Å². The number of nitrogens with zero attached hydrogens (tertiary/aromatic N) is 3. The second-order valence-electron chi connectivity index (χ2n) is 8.16. The van der Waals surface area contributed by atoms with Crippen molar-refractivity contribution in [3.63, 3.8) is 0 Å². The Bertz CT molecular complexity index is 1200. The normalized spacial score (nSPS) is 17.7. The molecule has 1 aliphatic heterocycles. The molecule has 1 unspecified atom stereocenters. The number of anilines is 2. The van der Waals surface area contributed by atoms with Gasteiger partial charge in [0.2, 0.25) is 5.91 Å². The van der Waals surface area contributed by atoms with Gasteiger partial charge in [0.25, 0.3) is 5.91 Å². The van der Waals surface area contributed by atoms with Gasteiger partial charge in [-0.2, -0.15) is 13.2 Å². The van der Waals surface area contributed by atoms with Crippen molar-refractivity contribution in [1.29, 1.82) is 0 Å². The molecule has 1 saturated heterocycles. The third-order valence-electron chi connectivity index (χ3n) is 5.56. The van der Waals surface area contributed by atoms with Crippen LogP contribution in [0.5, 0.6) is 0 Å². The molecule has 2 aromatic carbocycles. The van der Waals surface area contributed by atoms with Crippen LogP contribution in [0.15, 0.2) is 54.7 Å².